The second-order valence-electron chi connectivity index (χ2n) is 14.7. The van der Waals surface area contributed by atoms with Gasteiger partial charge in [-0.25, -0.2) is 19.2 Å². The Morgan fingerprint density at radius 3 is 1.31 bits per heavy atom. The Labute approximate surface area is 360 Å². The maximum Gasteiger partial charge on any atom is 0.341 e. The predicted molar refractivity (Wildman–Crippen MR) is 233 cm³/mol. The van der Waals surface area contributed by atoms with Crippen molar-refractivity contribution in [3.8, 4) is 34.4 Å². The Morgan fingerprint density at radius 2 is 0.859 bits per heavy atom. The third-order valence-electron chi connectivity index (χ3n) is 10.3. The van der Waals surface area contributed by atoms with Crippen LogP contribution in [0.1, 0.15) is 22.8 Å². The largest absolute Gasteiger partial charge is 0.482 e. The number of carboxylic acid groups (broad SMARTS) is 4. The summed E-state index contributed by atoms with van der Waals surface area (Å²) in [5.41, 5.74) is 3.77. The number of hydrogen-bond acceptors (Lipinski definition) is 8. The van der Waals surface area contributed by atoms with Crippen molar-refractivity contribution in [2.24, 2.45) is 0 Å². The van der Waals surface area contributed by atoms with Crippen molar-refractivity contribution < 1.29 is 58.6 Å². The van der Waals surface area contributed by atoms with Crippen LogP contribution in [0.4, 0.5) is 0 Å². The first-order valence-electron chi connectivity index (χ1n) is 19.7. The standard InChI is InChI=1S/C48H36N4O12/c53-44(54)23-61-36-15-34(16-37(21-36)62-24-45(55)56)51-30-8-10-32(51)19-42-41-12-5-27-3-1-2-4-40(27)48(41)43(50-42)20-33-11-9-31(14-29-7-6-28(13-30)49-29)52(33)35-17-38(63-25-46(57)58)22-39(18-35)64-26-47(59)60/h1-22,49-50H,23-26H2,(H,53,54)(H,55,56)(H,57,58)(H,59,60). The zero-order chi connectivity index (χ0) is 44.5. The Morgan fingerprint density at radius 1 is 0.438 bits per heavy atom. The van der Waals surface area contributed by atoms with Crippen LogP contribution in [0, 0.1) is 0 Å². The van der Waals surface area contributed by atoms with Gasteiger partial charge < -0.3 is 58.5 Å². The molecule has 0 spiro atoms. The fraction of sp³-hybridized carbons (Fsp3) is 0.0833. The summed E-state index contributed by atoms with van der Waals surface area (Å²) in [6.45, 7) is -2.55. The summed E-state index contributed by atoms with van der Waals surface area (Å²) in [5, 5.41) is 44.3. The van der Waals surface area contributed by atoms with Crippen molar-refractivity contribution in [1.29, 1.82) is 0 Å². The van der Waals surface area contributed by atoms with Crippen LogP contribution < -0.4 is 40.3 Å². The molecule has 9 rings (SSSR count). The van der Waals surface area contributed by atoms with E-state index in [4.69, 9.17) is 18.9 Å². The Balaban J connectivity index is 1.33. The topological polar surface area (TPSA) is 228 Å². The molecule has 0 radical (unpaired) electrons. The molecule has 16 nitrogen and oxygen atoms in total. The third kappa shape index (κ3) is 8.51. The first kappa shape index (κ1) is 40.5. The van der Waals surface area contributed by atoms with Crippen LogP contribution in [0.15, 0.2) is 109 Å². The van der Waals surface area contributed by atoms with E-state index in [1.807, 2.05) is 106 Å². The van der Waals surface area contributed by atoms with Crippen LogP contribution in [0.3, 0.4) is 0 Å². The Bertz CT molecular complexity index is 3370. The lowest BCUT2D eigenvalue weighted by molar-refractivity contribution is -0.140. The summed E-state index contributed by atoms with van der Waals surface area (Å²) in [6.07, 6.45) is 7.81. The zero-order valence-corrected chi connectivity index (χ0v) is 33.5. The number of aromatic nitrogens is 4. The van der Waals surface area contributed by atoms with Crippen LogP contribution in [0.5, 0.6) is 23.0 Å². The summed E-state index contributed by atoms with van der Waals surface area (Å²) >= 11 is 0. The zero-order valence-electron chi connectivity index (χ0n) is 33.5. The molecule has 1 aliphatic heterocycles. The van der Waals surface area contributed by atoms with Crippen molar-refractivity contribution in [2.75, 3.05) is 26.4 Å². The number of H-pyrrole nitrogens is 2. The summed E-state index contributed by atoms with van der Waals surface area (Å²) in [5.74, 6) is -4.15. The molecule has 0 amide bonds. The minimum atomic E-state index is -1.19. The van der Waals surface area contributed by atoms with Gasteiger partial charge in [0.25, 0.3) is 0 Å². The SMILES string of the molecule is O=C(O)COc1cc(OCC(=O)O)cc(-n2c3ccc2C=c2[nH]c(c4c2ccc2ccccc24)=Cc2ccc(n2-c2cc(OCC(=O)O)cc(OCC(=O)O)c2)C=c2ccc([nH]2)=C3)c1. The van der Waals surface area contributed by atoms with Gasteiger partial charge in [0.15, 0.2) is 26.4 Å². The summed E-state index contributed by atoms with van der Waals surface area (Å²) in [4.78, 5) is 53.2. The number of hydrogen-bond donors (Lipinski definition) is 6. The molecular formula is C48H36N4O12. The van der Waals surface area contributed by atoms with E-state index in [0.717, 1.165) is 32.2 Å². The molecule has 8 aromatic rings. The van der Waals surface area contributed by atoms with E-state index in [2.05, 4.69) is 9.97 Å². The molecule has 6 N–H and O–H groups in total. The van der Waals surface area contributed by atoms with Gasteiger partial charge in [-0.05, 0) is 71.5 Å². The number of carbonyl (C=O) groups is 4. The van der Waals surface area contributed by atoms with Crippen LogP contribution in [-0.2, 0) is 19.2 Å². The summed E-state index contributed by atoms with van der Waals surface area (Å²) in [6, 6.07) is 33.1. The van der Waals surface area contributed by atoms with Crippen LogP contribution in [0.2, 0.25) is 0 Å². The van der Waals surface area contributed by atoms with Gasteiger partial charge in [0.05, 0.1) is 11.4 Å². The molecule has 0 unspecified atom stereocenters. The number of aliphatic carboxylic acids is 4. The van der Waals surface area contributed by atoms with Gasteiger partial charge in [-0.1, -0.05) is 36.4 Å². The normalized spacial score (nSPS) is 11.8. The van der Waals surface area contributed by atoms with Gasteiger partial charge in [0, 0.05) is 91.3 Å². The highest BCUT2D eigenvalue weighted by Gasteiger charge is 2.17. The van der Waals surface area contributed by atoms with E-state index in [-0.39, 0.29) is 23.0 Å². The first-order chi connectivity index (χ1) is 30.9. The lowest BCUT2D eigenvalue weighted by Gasteiger charge is -2.15. The van der Waals surface area contributed by atoms with Gasteiger partial charge in [-0.3, -0.25) is 0 Å². The van der Waals surface area contributed by atoms with Crippen molar-refractivity contribution in [2.45, 2.75) is 0 Å². The molecule has 8 bridgehead atoms. The molecule has 1 aliphatic rings. The highest BCUT2D eigenvalue weighted by atomic mass is 16.5. The monoisotopic (exact) mass is 860 g/mol. The lowest BCUT2D eigenvalue weighted by Crippen LogP contribution is -2.15. The number of ether oxygens (including phenoxy) is 4. The van der Waals surface area contributed by atoms with Crippen molar-refractivity contribution in [3.05, 3.63) is 153 Å². The maximum absolute atomic E-state index is 11.5. The van der Waals surface area contributed by atoms with Gasteiger partial charge in [-0.2, -0.15) is 0 Å². The number of aromatic amines is 2. The minimum Gasteiger partial charge on any atom is -0.482 e. The molecule has 0 saturated heterocycles. The average molecular weight is 861 g/mol. The molecule has 0 fully saturated rings. The van der Waals surface area contributed by atoms with E-state index < -0.39 is 50.3 Å². The molecular weight excluding hydrogens is 825 g/mol. The second kappa shape index (κ2) is 16.9. The van der Waals surface area contributed by atoms with Crippen LogP contribution in [-0.4, -0.2) is 89.8 Å². The Kier molecular flexibility index (Phi) is 10.7. The van der Waals surface area contributed by atoms with E-state index in [9.17, 15) is 39.6 Å². The first-order valence-corrected chi connectivity index (χ1v) is 19.7. The van der Waals surface area contributed by atoms with E-state index in [1.54, 1.807) is 24.3 Å². The highest BCUT2D eigenvalue weighted by molar-refractivity contribution is 6.08. The number of nitrogens with one attached hydrogen (secondary N) is 2. The van der Waals surface area contributed by atoms with Crippen molar-refractivity contribution in [3.63, 3.8) is 0 Å². The molecule has 0 atom stereocenters. The molecule has 0 saturated carbocycles. The van der Waals surface area contributed by atoms with Gasteiger partial charge in [0.1, 0.15) is 23.0 Å². The number of nitrogens with zero attached hydrogens (tertiary/aromatic N) is 2. The Hall–Kier alpha value is -8.92. The number of benzene rings is 4. The molecule has 0 aliphatic carbocycles. The molecule has 320 valence electrons. The van der Waals surface area contributed by atoms with Crippen molar-refractivity contribution in [1.82, 2.24) is 19.1 Å². The number of rotatable bonds is 14. The van der Waals surface area contributed by atoms with E-state index in [0.29, 0.717) is 44.8 Å². The molecule has 5 heterocycles. The molecule has 4 aromatic heterocycles. The molecule has 4 aromatic carbocycles. The quantitative estimate of drug-likeness (QED) is 0.0920. The van der Waals surface area contributed by atoms with Crippen molar-refractivity contribution >= 4 is 69.7 Å². The second-order valence-corrected chi connectivity index (χ2v) is 14.7. The smallest absolute Gasteiger partial charge is 0.341 e. The number of carboxylic acids is 4. The van der Waals surface area contributed by atoms with Gasteiger partial charge in [-0.15, -0.1) is 0 Å². The highest BCUT2D eigenvalue weighted by Crippen LogP contribution is 2.31. The fourth-order valence-electron chi connectivity index (χ4n) is 7.77. The van der Waals surface area contributed by atoms with Gasteiger partial charge in [0.2, 0.25) is 0 Å². The lowest BCUT2D eigenvalue weighted by atomic mass is 10.0. The van der Waals surface area contributed by atoms with E-state index >= 15 is 0 Å². The molecule has 16 heteroatoms. The average Bonchev–Trinajstić information content (AvgIpc) is 4.07. The van der Waals surface area contributed by atoms with Crippen LogP contribution in [0.25, 0.3) is 57.2 Å². The summed E-state index contributed by atoms with van der Waals surface area (Å²) < 4.78 is 26.2. The van der Waals surface area contributed by atoms with Crippen LogP contribution >= 0.6 is 0 Å². The third-order valence-corrected chi connectivity index (χ3v) is 10.3. The predicted octanol–water partition coefficient (Wildman–Crippen LogP) is 3.71. The minimum absolute atomic E-state index is 0.152. The van der Waals surface area contributed by atoms with Gasteiger partial charge >= 0.3 is 23.9 Å². The summed E-state index contributed by atoms with van der Waals surface area (Å²) in [7, 11) is 0. The maximum atomic E-state index is 11.5. The van der Waals surface area contributed by atoms with E-state index in [1.165, 1.54) is 12.1 Å². The molecule has 64 heavy (non-hydrogen) atoms. The number of fused-ring (bicyclic) bond motifs is 13. The fourth-order valence-corrected chi connectivity index (χ4v) is 7.77.